The molecule has 0 aromatic heterocycles. The van der Waals surface area contributed by atoms with Crippen molar-refractivity contribution in [3.63, 3.8) is 0 Å². The van der Waals surface area contributed by atoms with Gasteiger partial charge >= 0.3 is 0 Å². The standard InChI is InChI=1S/C9H19N3O3S/c1-10-9(13)5-7-3-4-8(12-7)6-11-16(2,14)15/h7-8,11-12H,3-6H2,1-2H3,(H,10,13)/t7-,8+/m1/s1. The molecule has 7 heteroatoms. The lowest BCUT2D eigenvalue weighted by Crippen LogP contribution is -2.40. The summed E-state index contributed by atoms with van der Waals surface area (Å²) >= 11 is 0. The molecule has 1 heterocycles. The van der Waals surface area contributed by atoms with E-state index in [-0.39, 0.29) is 18.0 Å². The number of hydrogen-bond donors (Lipinski definition) is 3. The van der Waals surface area contributed by atoms with E-state index in [0.29, 0.717) is 13.0 Å². The second-order valence-corrected chi connectivity index (χ2v) is 5.97. The molecule has 1 fully saturated rings. The number of nitrogens with one attached hydrogen (secondary N) is 3. The molecular weight excluding hydrogens is 230 g/mol. The summed E-state index contributed by atoms with van der Waals surface area (Å²) in [5.74, 6) is 0.00854. The maximum atomic E-state index is 11.1. The lowest BCUT2D eigenvalue weighted by atomic mass is 10.1. The summed E-state index contributed by atoms with van der Waals surface area (Å²) in [4.78, 5) is 11.1. The second kappa shape index (κ2) is 5.60. The van der Waals surface area contributed by atoms with Gasteiger partial charge in [0.15, 0.2) is 0 Å². The Hall–Kier alpha value is -0.660. The molecule has 1 aliphatic rings. The fourth-order valence-electron chi connectivity index (χ4n) is 1.80. The van der Waals surface area contributed by atoms with E-state index in [1.54, 1.807) is 7.05 Å². The van der Waals surface area contributed by atoms with E-state index in [1.165, 1.54) is 0 Å². The third kappa shape index (κ3) is 4.91. The molecule has 0 radical (unpaired) electrons. The average Bonchev–Trinajstić information content (AvgIpc) is 2.61. The summed E-state index contributed by atoms with van der Waals surface area (Å²) in [6, 6.07) is 0.288. The minimum atomic E-state index is -3.13. The van der Waals surface area contributed by atoms with E-state index in [2.05, 4.69) is 15.4 Å². The number of sulfonamides is 1. The highest BCUT2D eigenvalue weighted by atomic mass is 32.2. The number of amides is 1. The van der Waals surface area contributed by atoms with Crippen LogP contribution in [0.1, 0.15) is 19.3 Å². The molecule has 2 atom stereocenters. The van der Waals surface area contributed by atoms with Gasteiger partial charge in [0.05, 0.1) is 6.26 Å². The van der Waals surface area contributed by atoms with Gasteiger partial charge in [-0.25, -0.2) is 13.1 Å². The van der Waals surface area contributed by atoms with Crippen LogP contribution in [0.15, 0.2) is 0 Å². The Morgan fingerprint density at radius 3 is 2.56 bits per heavy atom. The fourth-order valence-corrected chi connectivity index (χ4v) is 2.31. The van der Waals surface area contributed by atoms with E-state index >= 15 is 0 Å². The van der Waals surface area contributed by atoms with E-state index in [9.17, 15) is 13.2 Å². The first-order chi connectivity index (χ1) is 7.40. The van der Waals surface area contributed by atoms with Gasteiger partial charge in [-0.15, -0.1) is 0 Å². The van der Waals surface area contributed by atoms with Gasteiger partial charge in [0.2, 0.25) is 15.9 Å². The third-order valence-electron chi connectivity index (χ3n) is 2.64. The molecule has 6 nitrogen and oxygen atoms in total. The number of hydrogen-bond acceptors (Lipinski definition) is 4. The molecular formula is C9H19N3O3S. The van der Waals surface area contributed by atoms with Crippen molar-refractivity contribution >= 4 is 15.9 Å². The molecule has 1 aliphatic heterocycles. The molecule has 94 valence electrons. The monoisotopic (exact) mass is 249 g/mol. The maximum absolute atomic E-state index is 11.1. The molecule has 16 heavy (non-hydrogen) atoms. The molecule has 3 N–H and O–H groups in total. The predicted octanol–water partition coefficient (Wildman–Crippen LogP) is -1.21. The Morgan fingerprint density at radius 1 is 1.38 bits per heavy atom. The maximum Gasteiger partial charge on any atom is 0.221 e. The zero-order valence-corrected chi connectivity index (χ0v) is 10.4. The van der Waals surface area contributed by atoms with Gasteiger partial charge in [0.25, 0.3) is 0 Å². The lowest BCUT2D eigenvalue weighted by Gasteiger charge is -2.13. The number of carbonyl (C=O) groups excluding carboxylic acids is 1. The number of carbonyl (C=O) groups is 1. The molecule has 0 unspecified atom stereocenters. The molecule has 0 aliphatic carbocycles. The van der Waals surface area contributed by atoms with E-state index in [1.807, 2.05) is 0 Å². The molecule has 0 aromatic carbocycles. The smallest absolute Gasteiger partial charge is 0.221 e. The summed E-state index contributed by atoms with van der Waals surface area (Å²) in [5.41, 5.74) is 0. The van der Waals surface area contributed by atoms with Crippen molar-refractivity contribution in [1.29, 1.82) is 0 Å². The van der Waals surface area contributed by atoms with Crippen molar-refractivity contribution in [3.8, 4) is 0 Å². The van der Waals surface area contributed by atoms with Crippen molar-refractivity contribution in [1.82, 2.24) is 15.4 Å². The second-order valence-electron chi connectivity index (χ2n) is 4.14. The fraction of sp³-hybridized carbons (Fsp3) is 0.889. The topological polar surface area (TPSA) is 87.3 Å². The normalized spacial score (nSPS) is 25.6. The van der Waals surface area contributed by atoms with Crippen molar-refractivity contribution in [3.05, 3.63) is 0 Å². The Kier molecular flexibility index (Phi) is 4.69. The van der Waals surface area contributed by atoms with E-state index in [0.717, 1.165) is 19.1 Å². The summed E-state index contributed by atoms with van der Waals surface area (Å²) < 4.78 is 24.2. The van der Waals surface area contributed by atoms with Gasteiger partial charge in [-0.1, -0.05) is 0 Å². The Morgan fingerprint density at radius 2 is 2.00 bits per heavy atom. The van der Waals surface area contributed by atoms with E-state index in [4.69, 9.17) is 0 Å². The average molecular weight is 249 g/mol. The van der Waals surface area contributed by atoms with Gasteiger partial charge in [-0.05, 0) is 12.8 Å². The SMILES string of the molecule is CNC(=O)C[C@H]1CC[C@@H](CNS(C)(=O)=O)N1. The molecule has 0 saturated carbocycles. The Bertz CT molecular complexity index is 342. The molecule has 0 aromatic rings. The zero-order valence-electron chi connectivity index (χ0n) is 9.62. The minimum absolute atomic E-state index is 0.00854. The van der Waals surface area contributed by atoms with Gasteiger partial charge in [-0.2, -0.15) is 0 Å². The largest absolute Gasteiger partial charge is 0.359 e. The van der Waals surface area contributed by atoms with Crippen molar-refractivity contribution < 1.29 is 13.2 Å². The summed E-state index contributed by atoms with van der Waals surface area (Å²) in [7, 11) is -1.51. The van der Waals surface area contributed by atoms with Crippen LogP contribution in [0, 0.1) is 0 Å². The van der Waals surface area contributed by atoms with Crippen LogP contribution in [0.25, 0.3) is 0 Å². The van der Waals surface area contributed by atoms with E-state index < -0.39 is 10.0 Å². The zero-order chi connectivity index (χ0) is 12.2. The van der Waals surface area contributed by atoms with Crippen molar-refractivity contribution in [2.24, 2.45) is 0 Å². The lowest BCUT2D eigenvalue weighted by molar-refractivity contribution is -0.121. The highest BCUT2D eigenvalue weighted by Gasteiger charge is 2.25. The van der Waals surface area contributed by atoms with Crippen LogP contribution in [0.3, 0.4) is 0 Å². The first-order valence-electron chi connectivity index (χ1n) is 5.32. The first-order valence-corrected chi connectivity index (χ1v) is 7.21. The van der Waals surface area contributed by atoms with Gasteiger partial charge in [0, 0.05) is 32.1 Å². The van der Waals surface area contributed by atoms with Crippen LogP contribution in [0.4, 0.5) is 0 Å². The molecule has 0 spiro atoms. The van der Waals surface area contributed by atoms with Crippen LogP contribution in [0.5, 0.6) is 0 Å². The third-order valence-corrected chi connectivity index (χ3v) is 3.33. The Balaban J connectivity index is 2.27. The van der Waals surface area contributed by atoms with Crippen LogP contribution in [-0.2, 0) is 14.8 Å². The van der Waals surface area contributed by atoms with Gasteiger partial charge in [-0.3, -0.25) is 4.79 Å². The predicted molar refractivity (Wildman–Crippen MR) is 61.5 cm³/mol. The van der Waals surface area contributed by atoms with Crippen LogP contribution in [0.2, 0.25) is 0 Å². The molecule has 1 amide bonds. The molecule has 0 bridgehead atoms. The van der Waals surface area contributed by atoms with Gasteiger partial charge in [0.1, 0.15) is 0 Å². The Labute approximate surface area is 96.2 Å². The van der Waals surface area contributed by atoms with Crippen molar-refractivity contribution in [2.75, 3.05) is 19.8 Å². The van der Waals surface area contributed by atoms with Crippen molar-refractivity contribution in [2.45, 2.75) is 31.3 Å². The van der Waals surface area contributed by atoms with Gasteiger partial charge < -0.3 is 10.6 Å². The van der Waals surface area contributed by atoms with Crippen LogP contribution >= 0.6 is 0 Å². The van der Waals surface area contributed by atoms with Crippen LogP contribution in [-0.4, -0.2) is 46.3 Å². The summed E-state index contributed by atoms with van der Waals surface area (Å²) in [5, 5.41) is 5.81. The molecule has 1 saturated heterocycles. The summed E-state index contributed by atoms with van der Waals surface area (Å²) in [6.07, 6.45) is 3.39. The minimum Gasteiger partial charge on any atom is -0.359 e. The quantitative estimate of drug-likeness (QED) is 0.571. The molecule has 1 rings (SSSR count). The highest BCUT2D eigenvalue weighted by Crippen LogP contribution is 2.14. The summed E-state index contributed by atoms with van der Waals surface area (Å²) in [6.45, 7) is 0.392. The number of rotatable bonds is 5. The van der Waals surface area contributed by atoms with Crippen LogP contribution < -0.4 is 15.4 Å². The highest BCUT2D eigenvalue weighted by molar-refractivity contribution is 7.88. The first kappa shape index (κ1) is 13.4.